The van der Waals surface area contributed by atoms with Gasteiger partial charge in [0.05, 0.1) is 0 Å². The maximum absolute atomic E-state index is 13.8. The number of hydrogen-bond donors (Lipinski definition) is 2. The van der Waals surface area contributed by atoms with E-state index in [0.717, 1.165) is 13.0 Å². The fourth-order valence-corrected chi connectivity index (χ4v) is 2.98. The molecule has 2 fully saturated rings. The molecule has 2 unspecified atom stereocenters. The first-order chi connectivity index (χ1) is 9.65. The minimum atomic E-state index is -0.239. The lowest BCUT2D eigenvalue weighted by Crippen LogP contribution is -2.35. The summed E-state index contributed by atoms with van der Waals surface area (Å²) < 4.78 is 13.8. The molecule has 2 saturated carbocycles. The van der Waals surface area contributed by atoms with Crippen LogP contribution in [0, 0.1) is 11.7 Å². The lowest BCUT2D eigenvalue weighted by Gasteiger charge is -2.23. The average Bonchev–Trinajstić information content (AvgIpc) is 3.05. The molecular formula is C15H19ClFN3. The summed E-state index contributed by atoms with van der Waals surface area (Å²) in [6, 6.07) is 4.95. The van der Waals surface area contributed by atoms with Crippen molar-refractivity contribution in [3.63, 3.8) is 0 Å². The molecule has 3 rings (SSSR count). The number of hydrogen-bond acceptors (Lipinski definition) is 1. The first-order valence-electron chi connectivity index (χ1n) is 7.15. The molecule has 3 nitrogen and oxygen atoms in total. The Bertz CT molecular complexity index is 508. The van der Waals surface area contributed by atoms with Crippen molar-refractivity contribution in [2.24, 2.45) is 16.6 Å². The Morgan fingerprint density at radius 1 is 1.45 bits per heavy atom. The molecule has 0 saturated heterocycles. The second kappa shape index (κ2) is 5.60. The van der Waals surface area contributed by atoms with Gasteiger partial charge in [-0.25, -0.2) is 4.39 Å². The third-order valence-electron chi connectivity index (χ3n) is 4.24. The van der Waals surface area contributed by atoms with E-state index in [1.807, 2.05) is 0 Å². The Balaban J connectivity index is 1.56. The highest BCUT2D eigenvalue weighted by Crippen LogP contribution is 2.44. The van der Waals surface area contributed by atoms with Gasteiger partial charge in [-0.15, -0.1) is 0 Å². The molecule has 0 bridgehead atoms. The molecule has 0 aliphatic heterocycles. The second-order valence-electron chi connectivity index (χ2n) is 5.75. The highest BCUT2D eigenvalue weighted by Gasteiger charge is 2.41. The fraction of sp³-hybridized carbons (Fsp3) is 0.533. The lowest BCUT2D eigenvalue weighted by atomic mass is 9.86. The van der Waals surface area contributed by atoms with E-state index in [9.17, 15) is 4.39 Å². The monoisotopic (exact) mass is 295 g/mol. The van der Waals surface area contributed by atoms with E-state index in [1.54, 1.807) is 12.1 Å². The summed E-state index contributed by atoms with van der Waals surface area (Å²) in [5.41, 5.74) is 6.47. The van der Waals surface area contributed by atoms with Crippen molar-refractivity contribution in [1.82, 2.24) is 5.32 Å². The molecule has 0 spiro atoms. The van der Waals surface area contributed by atoms with Gasteiger partial charge >= 0.3 is 0 Å². The Morgan fingerprint density at radius 2 is 2.25 bits per heavy atom. The Morgan fingerprint density at radius 3 is 2.90 bits per heavy atom. The van der Waals surface area contributed by atoms with Gasteiger partial charge in [-0.05, 0) is 37.3 Å². The largest absolute Gasteiger partial charge is 0.370 e. The van der Waals surface area contributed by atoms with Gasteiger partial charge in [-0.1, -0.05) is 24.1 Å². The smallest absolute Gasteiger partial charge is 0.188 e. The van der Waals surface area contributed by atoms with Crippen molar-refractivity contribution in [3.8, 4) is 0 Å². The highest BCUT2D eigenvalue weighted by molar-refractivity contribution is 6.31. The molecule has 0 aromatic heterocycles. The number of aliphatic imine (C=N–C) groups is 1. The van der Waals surface area contributed by atoms with E-state index in [1.165, 1.54) is 25.3 Å². The van der Waals surface area contributed by atoms with Crippen LogP contribution in [0.15, 0.2) is 23.2 Å². The number of rotatable bonds is 4. The average molecular weight is 296 g/mol. The zero-order valence-corrected chi connectivity index (χ0v) is 12.0. The Kier molecular flexibility index (Phi) is 3.83. The SMILES string of the molecule is NC(=NCC1CCC1)NC1CC1c1c(F)cccc1Cl. The zero-order chi connectivity index (χ0) is 14.1. The van der Waals surface area contributed by atoms with Crippen molar-refractivity contribution in [1.29, 1.82) is 0 Å². The number of benzene rings is 1. The van der Waals surface area contributed by atoms with Crippen LogP contribution in [0.2, 0.25) is 5.02 Å². The van der Waals surface area contributed by atoms with E-state index in [4.69, 9.17) is 17.3 Å². The second-order valence-corrected chi connectivity index (χ2v) is 6.16. The predicted octanol–water partition coefficient (Wildman–Crippen LogP) is 3.04. The maximum Gasteiger partial charge on any atom is 0.188 e. The van der Waals surface area contributed by atoms with Gasteiger partial charge in [0.25, 0.3) is 0 Å². The van der Waals surface area contributed by atoms with Crippen LogP contribution in [0.1, 0.15) is 37.2 Å². The number of guanidine groups is 1. The molecule has 108 valence electrons. The van der Waals surface area contributed by atoms with Crippen LogP contribution in [0.25, 0.3) is 0 Å². The summed E-state index contributed by atoms with van der Waals surface area (Å²) in [5, 5.41) is 3.65. The molecule has 2 atom stereocenters. The van der Waals surface area contributed by atoms with Crippen molar-refractivity contribution in [2.45, 2.75) is 37.6 Å². The van der Waals surface area contributed by atoms with Crippen LogP contribution in [0.5, 0.6) is 0 Å². The molecule has 2 aliphatic carbocycles. The van der Waals surface area contributed by atoms with Crippen molar-refractivity contribution in [3.05, 3.63) is 34.6 Å². The summed E-state index contributed by atoms with van der Waals surface area (Å²) in [5.74, 6) is 1.03. The molecule has 0 radical (unpaired) electrons. The third kappa shape index (κ3) is 2.90. The predicted molar refractivity (Wildman–Crippen MR) is 79.5 cm³/mol. The molecule has 0 amide bonds. The standard InChI is InChI=1S/C15H19ClFN3/c16-11-5-2-6-12(17)14(11)10-7-13(10)20-15(18)19-8-9-3-1-4-9/h2,5-6,9-10,13H,1,3-4,7-8H2,(H3,18,19,20). The van der Waals surface area contributed by atoms with Crippen LogP contribution in [-0.2, 0) is 0 Å². The van der Waals surface area contributed by atoms with E-state index in [2.05, 4.69) is 10.3 Å². The van der Waals surface area contributed by atoms with Gasteiger partial charge in [0.2, 0.25) is 0 Å². The van der Waals surface area contributed by atoms with E-state index >= 15 is 0 Å². The summed E-state index contributed by atoms with van der Waals surface area (Å²) in [4.78, 5) is 4.36. The molecule has 1 aromatic carbocycles. The molecular weight excluding hydrogens is 277 g/mol. The number of halogens is 2. The molecule has 2 aliphatic rings. The van der Waals surface area contributed by atoms with Gasteiger partial charge < -0.3 is 11.1 Å². The topological polar surface area (TPSA) is 50.4 Å². The van der Waals surface area contributed by atoms with Crippen LogP contribution in [0.3, 0.4) is 0 Å². The molecule has 5 heteroatoms. The van der Waals surface area contributed by atoms with Gasteiger partial charge in [0.15, 0.2) is 5.96 Å². The van der Waals surface area contributed by atoms with Crippen molar-refractivity contribution >= 4 is 17.6 Å². The maximum atomic E-state index is 13.8. The molecule has 1 aromatic rings. The summed E-state index contributed by atoms with van der Waals surface area (Å²) in [6.45, 7) is 0.802. The zero-order valence-electron chi connectivity index (χ0n) is 11.3. The Labute approximate surface area is 123 Å². The first-order valence-corrected chi connectivity index (χ1v) is 7.53. The normalized spacial score (nSPS) is 26.2. The quantitative estimate of drug-likeness (QED) is 0.662. The number of nitrogens with one attached hydrogen (secondary N) is 1. The fourth-order valence-electron chi connectivity index (χ4n) is 2.68. The van der Waals surface area contributed by atoms with Crippen LogP contribution in [-0.4, -0.2) is 18.5 Å². The summed E-state index contributed by atoms with van der Waals surface area (Å²) in [7, 11) is 0. The molecule has 20 heavy (non-hydrogen) atoms. The van der Waals surface area contributed by atoms with Gasteiger partial charge in [0.1, 0.15) is 5.82 Å². The van der Waals surface area contributed by atoms with E-state index in [-0.39, 0.29) is 17.8 Å². The van der Waals surface area contributed by atoms with Gasteiger partial charge in [0, 0.05) is 29.1 Å². The number of nitrogens with two attached hydrogens (primary N) is 1. The van der Waals surface area contributed by atoms with Crippen LogP contribution in [0.4, 0.5) is 4.39 Å². The molecule has 0 heterocycles. The minimum Gasteiger partial charge on any atom is -0.370 e. The van der Waals surface area contributed by atoms with E-state index < -0.39 is 0 Å². The Hall–Kier alpha value is -1.29. The minimum absolute atomic E-state index is 0.0983. The lowest BCUT2D eigenvalue weighted by molar-refractivity contribution is 0.326. The van der Waals surface area contributed by atoms with Crippen LogP contribution >= 0.6 is 11.6 Å². The summed E-state index contributed by atoms with van der Waals surface area (Å²) in [6.07, 6.45) is 4.67. The third-order valence-corrected chi connectivity index (χ3v) is 4.57. The van der Waals surface area contributed by atoms with Crippen molar-refractivity contribution < 1.29 is 4.39 Å². The number of nitrogens with zero attached hydrogens (tertiary/aromatic N) is 1. The first kappa shape index (κ1) is 13.7. The van der Waals surface area contributed by atoms with Gasteiger partial charge in [-0.2, -0.15) is 0 Å². The highest BCUT2D eigenvalue weighted by atomic mass is 35.5. The van der Waals surface area contributed by atoms with Gasteiger partial charge in [-0.3, -0.25) is 4.99 Å². The molecule has 3 N–H and O–H groups in total. The van der Waals surface area contributed by atoms with Crippen LogP contribution < -0.4 is 11.1 Å². The van der Waals surface area contributed by atoms with E-state index in [0.29, 0.717) is 22.5 Å². The summed E-state index contributed by atoms with van der Waals surface area (Å²) >= 11 is 6.07. The van der Waals surface area contributed by atoms with Crippen molar-refractivity contribution in [2.75, 3.05) is 6.54 Å².